The van der Waals surface area contributed by atoms with E-state index in [2.05, 4.69) is 11.8 Å². The predicted molar refractivity (Wildman–Crippen MR) is 56.0 cm³/mol. The van der Waals surface area contributed by atoms with Gasteiger partial charge in [0.25, 0.3) is 5.69 Å². The van der Waals surface area contributed by atoms with Gasteiger partial charge in [0.1, 0.15) is 5.56 Å². The zero-order chi connectivity index (χ0) is 12.1. The van der Waals surface area contributed by atoms with E-state index in [1.165, 1.54) is 6.07 Å². The Kier molecular flexibility index (Phi) is 3.58. The van der Waals surface area contributed by atoms with Crippen LogP contribution in [0.15, 0.2) is 18.2 Å². The monoisotopic (exact) mass is 220 g/mol. The molecule has 0 atom stereocenters. The van der Waals surface area contributed by atoms with Gasteiger partial charge in [0.05, 0.1) is 11.5 Å². The normalized spacial score (nSPS) is 9.06. The fourth-order valence-corrected chi connectivity index (χ4v) is 1.10. The first kappa shape index (κ1) is 11.7. The van der Waals surface area contributed by atoms with Gasteiger partial charge in [-0.2, -0.15) is 0 Å². The lowest BCUT2D eigenvalue weighted by molar-refractivity contribution is -0.385. The highest BCUT2D eigenvalue weighted by Crippen LogP contribution is 2.19. The minimum atomic E-state index is -1.36. The topological polar surface area (TPSA) is 106 Å². The molecule has 0 aliphatic carbocycles. The van der Waals surface area contributed by atoms with Crippen molar-refractivity contribution >= 4 is 11.7 Å². The van der Waals surface area contributed by atoms with E-state index in [0.717, 1.165) is 12.1 Å². The molecule has 82 valence electrons. The number of benzene rings is 1. The number of nitrogens with two attached hydrogens (primary N) is 1. The quantitative estimate of drug-likeness (QED) is 0.431. The second kappa shape index (κ2) is 4.91. The molecule has 0 bridgehead atoms. The van der Waals surface area contributed by atoms with E-state index in [9.17, 15) is 14.9 Å². The maximum atomic E-state index is 10.8. The number of aromatic carboxylic acids is 1. The number of nitrogens with zero attached hydrogens (tertiary/aromatic N) is 1. The van der Waals surface area contributed by atoms with Gasteiger partial charge >= 0.3 is 5.97 Å². The molecule has 0 heterocycles. The maximum absolute atomic E-state index is 10.8. The molecule has 1 aromatic carbocycles. The van der Waals surface area contributed by atoms with Crippen molar-refractivity contribution in [3.8, 4) is 11.8 Å². The molecule has 0 saturated heterocycles. The predicted octanol–water partition coefficient (Wildman–Crippen LogP) is 0.603. The zero-order valence-electron chi connectivity index (χ0n) is 8.14. The molecule has 0 saturated carbocycles. The van der Waals surface area contributed by atoms with Crippen LogP contribution in [-0.2, 0) is 0 Å². The summed E-state index contributed by atoms with van der Waals surface area (Å²) in [7, 11) is 0. The van der Waals surface area contributed by atoms with E-state index >= 15 is 0 Å². The van der Waals surface area contributed by atoms with Gasteiger partial charge in [-0.05, 0) is 12.1 Å². The summed E-state index contributed by atoms with van der Waals surface area (Å²) in [6.07, 6.45) is 0. The third-order valence-corrected chi connectivity index (χ3v) is 1.76. The lowest BCUT2D eigenvalue weighted by Gasteiger charge is -1.98. The third kappa shape index (κ3) is 2.56. The summed E-state index contributed by atoms with van der Waals surface area (Å²) in [6, 6.07) is 3.65. The van der Waals surface area contributed by atoms with Crippen LogP contribution in [0.25, 0.3) is 0 Å². The Hall–Kier alpha value is -2.39. The first-order valence-electron chi connectivity index (χ1n) is 4.27. The highest BCUT2D eigenvalue weighted by molar-refractivity contribution is 5.92. The Morgan fingerprint density at radius 1 is 1.56 bits per heavy atom. The summed E-state index contributed by atoms with van der Waals surface area (Å²) < 4.78 is 0. The van der Waals surface area contributed by atoms with Crippen LogP contribution >= 0.6 is 0 Å². The highest BCUT2D eigenvalue weighted by atomic mass is 16.6. The van der Waals surface area contributed by atoms with Crippen molar-refractivity contribution < 1.29 is 14.8 Å². The van der Waals surface area contributed by atoms with Crippen LogP contribution < -0.4 is 5.73 Å². The molecular formula is C10H8N2O4. The van der Waals surface area contributed by atoms with Gasteiger partial charge < -0.3 is 10.8 Å². The summed E-state index contributed by atoms with van der Waals surface area (Å²) in [4.78, 5) is 20.6. The molecule has 0 spiro atoms. The van der Waals surface area contributed by atoms with E-state index in [-0.39, 0.29) is 12.1 Å². The van der Waals surface area contributed by atoms with E-state index in [0.29, 0.717) is 5.56 Å². The van der Waals surface area contributed by atoms with Crippen LogP contribution in [0.5, 0.6) is 0 Å². The van der Waals surface area contributed by atoms with Crippen LogP contribution in [-0.4, -0.2) is 22.5 Å². The number of hydrogen-bond acceptors (Lipinski definition) is 4. The molecule has 1 rings (SSSR count). The van der Waals surface area contributed by atoms with E-state index < -0.39 is 16.6 Å². The summed E-state index contributed by atoms with van der Waals surface area (Å²) in [5.74, 6) is 3.78. The van der Waals surface area contributed by atoms with Gasteiger partial charge in [0.15, 0.2) is 0 Å². The van der Waals surface area contributed by atoms with Crippen molar-refractivity contribution in [2.24, 2.45) is 5.73 Å². The fourth-order valence-electron chi connectivity index (χ4n) is 1.10. The summed E-state index contributed by atoms with van der Waals surface area (Å²) >= 11 is 0. The molecule has 6 heteroatoms. The zero-order valence-corrected chi connectivity index (χ0v) is 8.14. The van der Waals surface area contributed by atoms with Gasteiger partial charge in [-0.25, -0.2) is 4.79 Å². The molecule has 0 aromatic heterocycles. The van der Waals surface area contributed by atoms with E-state index in [1.54, 1.807) is 0 Å². The molecule has 0 fully saturated rings. The first-order chi connectivity index (χ1) is 7.56. The van der Waals surface area contributed by atoms with Gasteiger partial charge in [-0.1, -0.05) is 11.8 Å². The second-order valence-corrected chi connectivity index (χ2v) is 2.80. The van der Waals surface area contributed by atoms with Gasteiger partial charge in [-0.3, -0.25) is 10.1 Å². The van der Waals surface area contributed by atoms with Crippen molar-refractivity contribution in [1.29, 1.82) is 0 Å². The Labute approximate surface area is 90.8 Å². The second-order valence-electron chi connectivity index (χ2n) is 2.80. The molecule has 0 aliphatic heterocycles. The SMILES string of the molecule is NCC#Cc1ccc([N+](=O)[O-])c(C(=O)O)c1. The van der Waals surface area contributed by atoms with Gasteiger partial charge in [0, 0.05) is 11.6 Å². The van der Waals surface area contributed by atoms with Crippen LogP contribution in [0.1, 0.15) is 15.9 Å². The highest BCUT2D eigenvalue weighted by Gasteiger charge is 2.19. The van der Waals surface area contributed by atoms with Crippen LogP contribution in [0.3, 0.4) is 0 Å². The average molecular weight is 220 g/mol. The van der Waals surface area contributed by atoms with Crippen molar-refractivity contribution in [3.05, 3.63) is 39.4 Å². The lowest BCUT2D eigenvalue weighted by Crippen LogP contribution is -2.03. The molecule has 1 aromatic rings. The average Bonchev–Trinajstić information content (AvgIpc) is 2.25. The van der Waals surface area contributed by atoms with Crippen LogP contribution in [0.2, 0.25) is 0 Å². The number of carboxylic acid groups (broad SMARTS) is 1. The number of carbonyl (C=O) groups is 1. The standard InChI is InChI=1S/C10H8N2O4/c11-5-1-2-7-3-4-9(12(15)16)8(6-7)10(13)14/h3-4,6H,5,11H2,(H,13,14). The summed E-state index contributed by atoms with van der Waals surface area (Å²) in [6.45, 7) is 0.138. The number of rotatable bonds is 2. The van der Waals surface area contributed by atoms with Crippen molar-refractivity contribution in [2.75, 3.05) is 6.54 Å². The lowest BCUT2D eigenvalue weighted by atomic mass is 10.1. The van der Waals surface area contributed by atoms with Crippen LogP contribution in [0.4, 0.5) is 5.69 Å². The van der Waals surface area contributed by atoms with Crippen LogP contribution in [0, 0.1) is 22.0 Å². The van der Waals surface area contributed by atoms with Crippen molar-refractivity contribution in [3.63, 3.8) is 0 Å². The molecule has 3 N–H and O–H groups in total. The first-order valence-corrected chi connectivity index (χ1v) is 4.27. The smallest absolute Gasteiger partial charge is 0.342 e. The summed E-state index contributed by atoms with van der Waals surface area (Å²) in [5.41, 5.74) is 4.70. The van der Waals surface area contributed by atoms with Gasteiger partial charge in [0.2, 0.25) is 0 Å². The Bertz CT molecular complexity index is 499. The maximum Gasteiger partial charge on any atom is 0.342 e. The molecule has 6 nitrogen and oxygen atoms in total. The van der Waals surface area contributed by atoms with E-state index in [4.69, 9.17) is 10.8 Å². The Balaban J connectivity index is 3.28. The van der Waals surface area contributed by atoms with Crippen molar-refractivity contribution in [1.82, 2.24) is 0 Å². The molecule has 16 heavy (non-hydrogen) atoms. The molecule has 0 amide bonds. The molecule has 0 radical (unpaired) electrons. The molecular weight excluding hydrogens is 212 g/mol. The summed E-state index contributed by atoms with van der Waals surface area (Å²) in [5, 5.41) is 19.3. The number of carboxylic acids is 1. The third-order valence-electron chi connectivity index (χ3n) is 1.76. The van der Waals surface area contributed by atoms with Gasteiger partial charge in [-0.15, -0.1) is 0 Å². The number of nitro benzene ring substituents is 1. The minimum Gasteiger partial charge on any atom is -0.477 e. The molecule has 0 unspecified atom stereocenters. The molecule has 0 aliphatic rings. The Morgan fingerprint density at radius 3 is 2.75 bits per heavy atom. The fraction of sp³-hybridized carbons (Fsp3) is 0.100. The minimum absolute atomic E-state index is 0.138. The largest absolute Gasteiger partial charge is 0.477 e. The number of hydrogen-bond donors (Lipinski definition) is 2. The Morgan fingerprint density at radius 2 is 2.25 bits per heavy atom. The van der Waals surface area contributed by atoms with Crippen molar-refractivity contribution in [2.45, 2.75) is 0 Å². The number of nitro groups is 1. The van der Waals surface area contributed by atoms with E-state index in [1.807, 2.05) is 0 Å².